The average Bonchev–Trinajstić information content (AvgIpc) is 2.54. The average molecular weight is 302 g/mol. The van der Waals surface area contributed by atoms with Crippen molar-refractivity contribution in [3.05, 3.63) is 48.0 Å². The first kappa shape index (κ1) is 18.5. The molecule has 0 saturated heterocycles. The Morgan fingerprint density at radius 3 is 2.27 bits per heavy atom. The third kappa shape index (κ3) is 10.2. The van der Waals surface area contributed by atoms with Gasteiger partial charge in [0.1, 0.15) is 0 Å². The molecule has 0 N–H and O–H groups in total. The highest BCUT2D eigenvalue weighted by atomic mass is 16.5. The maximum Gasteiger partial charge on any atom is 0.330 e. The van der Waals surface area contributed by atoms with Gasteiger partial charge < -0.3 is 4.74 Å². The molecule has 0 aromatic heterocycles. The minimum Gasteiger partial charge on any atom is -0.463 e. The van der Waals surface area contributed by atoms with Crippen LogP contribution in [0.4, 0.5) is 0 Å². The van der Waals surface area contributed by atoms with Gasteiger partial charge in [0, 0.05) is 6.08 Å². The lowest BCUT2D eigenvalue weighted by Gasteiger charge is -2.02. The summed E-state index contributed by atoms with van der Waals surface area (Å²) in [6.07, 6.45) is 14.7. The number of allylic oxidation sites excluding steroid dienone is 1. The molecule has 2 heteroatoms. The van der Waals surface area contributed by atoms with Crippen molar-refractivity contribution in [1.82, 2.24) is 0 Å². The van der Waals surface area contributed by atoms with Gasteiger partial charge in [-0.3, -0.25) is 0 Å². The number of benzene rings is 1. The predicted octanol–water partition coefficient (Wildman–Crippen LogP) is 5.47. The van der Waals surface area contributed by atoms with Crippen molar-refractivity contribution in [1.29, 1.82) is 0 Å². The largest absolute Gasteiger partial charge is 0.463 e. The first-order valence-corrected chi connectivity index (χ1v) is 8.70. The molecule has 0 atom stereocenters. The molecule has 0 aliphatic heterocycles. The molecule has 0 saturated carbocycles. The fourth-order valence-electron chi connectivity index (χ4n) is 2.49. The Labute approximate surface area is 135 Å². The number of ether oxygens (including phenoxy) is 1. The normalized spacial score (nSPS) is 11.0. The van der Waals surface area contributed by atoms with Gasteiger partial charge in [0.05, 0.1) is 6.61 Å². The Balaban J connectivity index is 1.85. The summed E-state index contributed by atoms with van der Waals surface area (Å²) in [6, 6.07) is 10.7. The molecule has 0 aliphatic rings. The molecule has 1 rings (SSSR count). The van der Waals surface area contributed by atoms with Crippen LogP contribution in [0.25, 0.3) is 0 Å². The van der Waals surface area contributed by atoms with E-state index in [9.17, 15) is 4.79 Å². The van der Waals surface area contributed by atoms with E-state index in [0.717, 1.165) is 6.42 Å². The molecular formula is C20H30O2. The van der Waals surface area contributed by atoms with Crippen LogP contribution in [0.2, 0.25) is 0 Å². The van der Waals surface area contributed by atoms with Gasteiger partial charge in [-0.25, -0.2) is 4.79 Å². The Morgan fingerprint density at radius 2 is 1.59 bits per heavy atom. The van der Waals surface area contributed by atoms with Crippen LogP contribution in [0.5, 0.6) is 0 Å². The van der Waals surface area contributed by atoms with Crippen LogP contribution in [-0.2, 0) is 16.0 Å². The summed E-state index contributed by atoms with van der Waals surface area (Å²) < 4.78 is 4.83. The number of carbonyl (C=O) groups excluding carboxylic acids is 1. The second-order valence-electron chi connectivity index (χ2n) is 5.65. The summed E-state index contributed by atoms with van der Waals surface area (Å²) in [5, 5.41) is 0. The number of hydrogen-bond donors (Lipinski definition) is 0. The van der Waals surface area contributed by atoms with Crippen molar-refractivity contribution < 1.29 is 9.53 Å². The van der Waals surface area contributed by atoms with Gasteiger partial charge in [-0.15, -0.1) is 0 Å². The molecule has 0 amide bonds. The van der Waals surface area contributed by atoms with Crippen molar-refractivity contribution >= 4 is 5.97 Å². The topological polar surface area (TPSA) is 26.3 Å². The lowest BCUT2D eigenvalue weighted by atomic mass is 10.0. The number of aryl methyl sites for hydroxylation is 1. The van der Waals surface area contributed by atoms with E-state index >= 15 is 0 Å². The van der Waals surface area contributed by atoms with Gasteiger partial charge in [0.2, 0.25) is 0 Å². The van der Waals surface area contributed by atoms with Gasteiger partial charge in [0.25, 0.3) is 0 Å². The third-order valence-electron chi connectivity index (χ3n) is 3.72. The minimum atomic E-state index is -0.221. The van der Waals surface area contributed by atoms with Crippen molar-refractivity contribution in [2.75, 3.05) is 6.61 Å². The Kier molecular flexibility index (Phi) is 11.0. The smallest absolute Gasteiger partial charge is 0.330 e. The van der Waals surface area contributed by atoms with Crippen LogP contribution in [0, 0.1) is 0 Å². The monoisotopic (exact) mass is 302 g/mol. The van der Waals surface area contributed by atoms with Crippen LogP contribution in [-0.4, -0.2) is 12.6 Å². The maximum atomic E-state index is 11.1. The third-order valence-corrected chi connectivity index (χ3v) is 3.72. The SMILES string of the molecule is CCOC(=O)/C=C/CCCCCCCCCc1ccccc1. The molecule has 0 bridgehead atoms. The minimum absolute atomic E-state index is 0.221. The fraction of sp³-hybridized carbons (Fsp3) is 0.550. The number of unbranched alkanes of at least 4 members (excludes halogenated alkanes) is 7. The molecule has 0 heterocycles. The maximum absolute atomic E-state index is 11.1. The van der Waals surface area contributed by atoms with Gasteiger partial charge in [-0.2, -0.15) is 0 Å². The molecular weight excluding hydrogens is 272 g/mol. The van der Waals surface area contributed by atoms with E-state index in [1.165, 1.54) is 56.9 Å². The number of hydrogen-bond acceptors (Lipinski definition) is 2. The molecule has 0 fully saturated rings. The van der Waals surface area contributed by atoms with Crippen molar-refractivity contribution in [2.45, 2.75) is 64.7 Å². The van der Waals surface area contributed by atoms with E-state index in [2.05, 4.69) is 30.3 Å². The zero-order valence-electron chi connectivity index (χ0n) is 13.9. The van der Waals surface area contributed by atoms with E-state index in [1.54, 1.807) is 6.08 Å². The van der Waals surface area contributed by atoms with E-state index in [-0.39, 0.29) is 5.97 Å². The van der Waals surface area contributed by atoms with Crippen molar-refractivity contribution in [2.24, 2.45) is 0 Å². The molecule has 0 spiro atoms. The van der Waals surface area contributed by atoms with Gasteiger partial charge in [-0.1, -0.05) is 68.5 Å². The fourth-order valence-corrected chi connectivity index (χ4v) is 2.49. The van der Waals surface area contributed by atoms with Crippen molar-refractivity contribution in [3.8, 4) is 0 Å². The predicted molar refractivity (Wildman–Crippen MR) is 92.9 cm³/mol. The zero-order valence-corrected chi connectivity index (χ0v) is 13.9. The highest BCUT2D eigenvalue weighted by Gasteiger charge is 1.95. The number of carbonyl (C=O) groups is 1. The van der Waals surface area contributed by atoms with E-state index in [0.29, 0.717) is 6.61 Å². The van der Waals surface area contributed by atoms with E-state index in [4.69, 9.17) is 4.74 Å². The summed E-state index contributed by atoms with van der Waals surface area (Å²) in [5.41, 5.74) is 1.45. The molecule has 122 valence electrons. The molecule has 1 aromatic carbocycles. The lowest BCUT2D eigenvalue weighted by Crippen LogP contribution is -1.98. The molecule has 22 heavy (non-hydrogen) atoms. The van der Waals surface area contributed by atoms with Gasteiger partial charge in [-0.05, 0) is 38.2 Å². The van der Waals surface area contributed by atoms with Crippen LogP contribution in [0.15, 0.2) is 42.5 Å². The summed E-state index contributed by atoms with van der Waals surface area (Å²) in [7, 11) is 0. The van der Waals surface area contributed by atoms with Crippen LogP contribution in [0.1, 0.15) is 63.9 Å². The quantitative estimate of drug-likeness (QED) is 0.291. The van der Waals surface area contributed by atoms with Gasteiger partial charge in [0.15, 0.2) is 0 Å². The highest BCUT2D eigenvalue weighted by molar-refractivity contribution is 5.81. The second kappa shape index (κ2) is 13.1. The summed E-state index contributed by atoms with van der Waals surface area (Å²) in [6.45, 7) is 2.28. The first-order chi connectivity index (χ1) is 10.8. The summed E-state index contributed by atoms with van der Waals surface area (Å²) >= 11 is 0. The van der Waals surface area contributed by atoms with Crippen LogP contribution >= 0.6 is 0 Å². The van der Waals surface area contributed by atoms with Crippen LogP contribution < -0.4 is 0 Å². The number of esters is 1. The Bertz CT molecular complexity index is 409. The summed E-state index contributed by atoms with van der Waals surface area (Å²) in [4.78, 5) is 11.1. The van der Waals surface area contributed by atoms with Crippen LogP contribution in [0.3, 0.4) is 0 Å². The highest BCUT2D eigenvalue weighted by Crippen LogP contribution is 2.11. The standard InChI is InChI=1S/C20H30O2/c1-2-22-20(21)18-14-9-7-5-3-4-6-8-11-15-19-16-12-10-13-17-19/h10,12-14,16-18H,2-9,11,15H2,1H3/b18-14+. The Morgan fingerprint density at radius 1 is 0.955 bits per heavy atom. The number of rotatable bonds is 12. The molecule has 0 aliphatic carbocycles. The second-order valence-corrected chi connectivity index (χ2v) is 5.65. The van der Waals surface area contributed by atoms with E-state index < -0.39 is 0 Å². The molecule has 0 radical (unpaired) electrons. The van der Waals surface area contributed by atoms with Gasteiger partial charge >= 0.3 is 5.97 Å². The van der Waals surface area contributed by atoms with E-state index in [1.807, 2.05) is 13.0 Å². The Hall–Kier alpha value is -1.57. The van der Waals surface area contributed by atoms with Crippen molar-refractivity contribution in [3.63, 3.8) is 0 Å². The summed E-state index contributed by atoms with van der Waals surface area (Å²) in [5.74, 6) is -0.221. The lowest BCUT2D eigenvalue weighted by molar-refractivity contribution is -0.137. The molecule has 0 unspecified atom stereocenters. The first-order valence-electron chi connectivity index (χ1n) is 8.70. The molecule has 2 nitrogen and oxygen atoms in total. The zero-order chi connectivity index (χ0) is 15.9. The molecule has 1 aromatic rings.